The molecule has 1 atom stereocenters. The number of carboxylic acids is 1. The maximum atomic E-state index is 11.5. The molecule has 0 aromatic rings. The lowest BCUT2D eigenvalue weighted by Crippen LogP contribution is -2.51. The van der Waals surface area contributed by atoms with Crippen molar-refractivity contribution in [2.75, 3.05) is 6.54 Å². The summed E-state index contributed by atoms with van der Waals surface area (Å²) < 4.78 is 0. The van der Waals surface area contributed by atoms with Crippen molar-refractivity contribution in [2.24, 2.45) is 5.92 Å². The second-order valence-corrected chi connectivity index (χ2v) is 4.88. The van der Waals surface area contributed by atoms with Crippen molar-refractivity contribution >= 4 is 11.9 Å². The van der Waals surface area contributed by atoms with E-state index in [0.717, 1.165) is 19.3 Å². The van der Waals surface area contributed by atoms with E-state index in [0.29, 0.717) is 6.54 Å². The van der Waals surface area contributed by atoms with Crippen molar-refractivity contribution in [1.29, 1.82) is 0 Å². The first-order valence-electron chi connectivity index (χ1n) is 5.53. The molecule has 1 saturated heterocycles. The lowest BCUT2D eigenvalue weighted by molar-refractivity contribution is -0.139. The van der Waals surface area contributed by atoms with E-state index in [1.54, 1.807) is 6.92 Å². The molecule has 1 unspecified atom stereocenters. The van der Waals surface area contributed by atoms with Crippen LogP contribution in [0.4, 0.5) is 0 Å². The molecule has 0 aromatic carbocycles. The van der Waals surface area contributed by atoms with Gasteiger partial charge in [-0.1, -0.05) is 0 Å². The van der Waals surface area contributed by atoms with Crippen LogP contribution in [-0.4, -0.2) is 34.0 Å². The largest absolute Gasteiger partial charge is 0.481 e. The fourth-order valence-corrected chi connectivity index (χ4v) is 3.07. The topological polar surface area (TPSA) is 57.6 Å². The predicted octanol–water partition coefficient (Wildman–Crippen LogP) is 1.25. The lowest BCUT2D eigenvalue weighted by atomic mass is 9.73. The number of rotatable bonds is 2. The molecule has 2 fully saturated rings. The van der Waals surface area contributed by atoms with Crippen LogP contribution in [0.5, 0.6) is 0 Å². The van der Waals surface area contributed by atoms with Gasteiger partial charge in [0.15, 0.2) is 0 Å². The number of likely N-dealkylation sites (tertiary alicyclic amines) is 1. The highest BCUT2D eigenvalue weighted by atomic mass is 16.4. The summed E-state index contributed by atoms with van der Waals surface area (Å²) in [6.07, 6.45) is 4.37. The highest BCUT2D eigenvalue weighted by Gasteiger charge is 2.50. The maximum absolute atomic E-state index is 11.5. The maximum Gasteiger partial charge on any atom is 0.303 e. The summed E-state index contributed by atoms with van der Waals surface area (Å²) >= 11 is 0. The average molecular weight is 211 g/mol. The first-order valence-corrected chi connectivity index (χ1v) is 5.53. The number of aliphatic carboxylic acids is 1. The van der Waals surface area contributed by atoms with Gasteiger partial charge in [-0.15, -0.1) is 0 Å². The smallest absolute Gasteiger partial charge is 0.303 e. The van der Waals surface area contributed by atoms with Crippen LogP contribution in [0.25, 0.3) is 0 Å². The third kappa shape index (κ3) is 1.73. The van der Waals surface area contributed by atoms with E-state index in [4.69, 9.17) is 5.11 Å². The molecule has 1 aliphatic heterocycles. The number of hydrogen-bond acceptors (Lipinski definition) is 2. The normalized spacial score (nSPS) is 27.8. The summed E-state index contributed by atoms with van der Waals surface area (Å²) in [4.78, 5) is 24.0. The Kier molecular flexibility index (Phi) is 2.44. The first-order chi connectivity index (χ1) is 7.03. The van der Waals surface area contributed by atoms with Gasteiger partial charge in [-0.25, -0.2) is 0 Å². The van der Waals surface area contributed by atoms with E-state index in [1.165, 1.54) is 6.42 Å². The molecule has 0 radical (unpaired) electrons. The van der Waals surface area contributed by atoms with Crippen molar-refractivity contribution in [3.63, 3.8) is 0 Å². The lowest BCUT2D eigenvalue weighted by Gasteiger charge is -2.45. The highest BCUT2D eigenvalue weighted by molar-refractivity contribution is 5.75. The summed E-state index contributed by atoms with van der Waals surface area (Å²) in [5.74, 6) is -0.492. The Morgan fingerprint density at radius 2 is 2.13 bits per heavy atom. The van der Waals surface area contributed by atoms with Crippen LogP contribution in [0.2, 0.25) is 0 Å². The van der Waals surface area contributed by atoms with Crippen molar-refractivity contribution in [3.05, 3.63) is 0 Å². The molecule has 0 aromatic heterocycles. The molecule has 1 spiro atoms. The van der Waals surface area contributed by atoms with Gasteiger partial charge in [-0.2, -0.15) is 0 Å². The van der Waals surface area contributed by atoms with Crippen LogP contribution < -0.4 is 0 Å². The van der Waals surface area contributed by atoms with Crippen LogP contribution in [0.15, 0.2) is 0 Å². The van der Waals surface area contributed by atoms with Gasteiger partial charge in [-0.3, -0.25) is 9.59 Å². The number of carbonyl (C=O) groups excluding carboxylic acids is 1. The summed E-state index contributed by atoms with van der Waals surface area (Å²) in [5.41, 5.74) is 0.0337. The second kappa shape index (κ2) is 3.51. The Bertz CT molecular complexity index is 296. The second-order valence-electron chi connectivity index (χ2n) is 4.88. The van der Waals surface area contributed by atoms with E-state index in [9.17, 15) is 9.59 Å². The predicted molar refractivity (Wildman–Crippen MR) is 54.3 cm³/mol. The molecule has 1 aliphatic carbocycles. The van der Waals surface area contributed by atoms with Gasteiger partial charge in [0.25, 0.3) is 0 Å². The van der Waals surface area contributed by atoms with Gasteiger partial charge in [0, 0.05) is 25.4 Å². The van der Waals surface area contributed by atoms with E-state index in [2.05, 4.69) is 0 Å². The molecule has 2 aliphatic rings. The summed E-state index contributed by atoms with van der Waals surface area (Å²) in [7, 11) is 0. The molecule has 84 valence electrons. The Morgan fingerprint density at radius 1 is 1.47 bits per heavy atom. The Labute approximate surface area is 89.3 Å². The van der Waals surface area contributed by atoms with Crippen molar-refractivity contribution in [3.8, 4) is 0 Å². The molecule has 4 nitrogen and oxygen atoms in total. The number of nitrogens with zero attached hydrogens (tertiary/aromatic N) is 1. The van der Waals surface area contributed by atoms with E-state index in [-0.39, 0.29) is 23.8 Å². The zero-order valence-corrected chi connectivity index (χ0v) is 9.03. The Balaban J connectivity index is 2.06. The number of hydrogen-bond donors (Lipinski definition) is 1. The van der Waals surface area contributed by atoms with E-state index in [1.807, 2.05) is 4.90 Å². The van der Waals surface area contributed by atoms with Crippen LogP contribution in [-0.2, 0) is 9.59 Å². The van der Waals surface area contributed by atoms with Crippen molar-refractivity contribution in [2.45, 2.75) is 44.6 Å². The molecular formula is C11H17NO3. The minimum Gasteiger partial charge on any atom is -0.481 e. The van der Waals surface area contributed by atoms with Gasteiger partial charge >= 0.3 is 5.97 Å². The summed E-state index contributed by atoms with van der Waals surface area (Å²) in [5, 5.41) is 8.76. The summed E-state index contributed by atoms with van der Waals surface area (Å²) in [6.45, 7) is 2.23. The number of amides is 1. The van der Waals surface area contributed by atoms with Crippen LogP contribution in [0, 0.1) is 5.92 Å². The van der Waals surface area contributed by atoms with Gasteiger partial charge in [0.2, 0.25) is 5.91 Å². The Hall–Kier alpha value is -1.06. The minimum atomic E-state index is -0.750. The molecule has 1 heterocycles. The molecule has 15 heavy (non-hydrogen) atoms. The van der Waals surface area contributed by atoms with E-state index < -0.39 is 5.97 Å². The van der Waals surface area contributed by atoms with Gasteiger partial charge < -0.3 is 10.0 Å². The molecule has 2 rings (SSSR count). The fraction of sp³-hybridized carbons (Fsp3) is 0.818. The average Bonchev–Trinajstić information content (AvgIpc) is 2.41. The molecule has 1 N–H and O–H groups in total. The van der Waals surface area contributed by atoms with Crippen LogP contribution in [0.1, 0.15) is 39.0 Å². The minimum absolute atomic E-state index is 0.0337. The highest BCUT2D eigenvalue weighted by Crippen LogP contribution is 2.48. The molecule has 1 amide bonds. The molecule has 4 heteroatoms. The van der Waals surface area contributed by atoms with Crippen LogP contribution >= 0.6 is 0 Å². The number of carboxylic acid groups (broad SMARTS) is 1. The quantitative estimate of drug-likeness (QED) is 0.748. The van der Waals surface area contributed by atoms with E-state index >= 15 is 0 Å². The third-order valence-corrected chi connectivity index (χ3v) is 3.81. The number of carbonyl (C=O) groups is 2. The monoisotopic (exact) mass is 211 g/mol. The Morgan fingerprint density at radius 3 is 2.47 bits per heavy atom. The summed E-state index contributed by atoms with van der Waals surface area (Å²) in [6, 6.07) is 0. The van der Waals surface area contributed by atoms with Crippen molar-refractivity contribution in [1.82, 2.24) is 4.90 Å². The molecule has 0 bridgehead atoms. The SMILES string of the molecule is CC(=O)N1CC(CC(=O)O)CC12CCC2. The van der Waals surface area contributed by atoms with Gasteiger partial charge in [0.05, 0.1) is 0 Å². The van der Waals surface area contributed by atoms with Gasteiger partial charge in [-0.05, 0) is 31.6 Å². The zero-order valence-electron chi connectivity index (χ0n) is 9.03. The van der Waals surface area contributed by atoms with Crippen molar-refractivity contribution < 1.29 is 14.7 Å². The van der Waals surface area contributed by atoms with Gasteiger partial charge in [0.1, 0.15) is 0 Å². The zero-order chi connectivity index (χ0) is 11.1. The standard InChI is InChI=1S/C11H17NO3/c1-8(13)12-7-9(5-10(14)15)6-11(12)3-2-4-11/h9H,2-7H2,1H3,(H,14,15). The van der Waals surface area contributed by atoms with Crippen LogP contribution in [0.3, 0.4) is 0 Å². The molecular weight excluding hydrogens is 194 g/mol. The molecule has 1 saturated carbocycles. The first kappa shape index (κ1) is 10.5. The third-order valence-electron chi connectivity index (χ3n) is 3.81. The fourth-order valence-electron chi connectivity index (χ4n) is 3.07.